The topological polar surface area (TPSA) is 132 Å². The predicted octanol–water partition coefficient (Wildman–Crippen LogP) is 8.13. The smallest absolute Gasteiger partial charge is 0.490 e. The highest BCUT2D eigenvalue weighted by molar-refractivity contribution is 7.91. The Morgan fingerprint density at radius 2 is 0.735 bits per heavy atom. The molecule has 10 nitrogen and oxygen atoms in total. The van der Waals surface area contributed by atoms with Crippen molar-refractivity contribution in [2.45, 2.75) is 19.6 Å². The van der Waals surface area contributed by atoms with Crippen molar-refractivity contribution in [2.75, 3.05) is 13.2 Å². The molecule has 0 atom stereocenters. The van der Waals surface area contributed by atoms with E-state index in [4.69, 9.17) is 23.0 Å². The Balaban J connectivity index is 1.35. The van der Waals surface area contributed by atoms with E-state index in [0.29, 0.717) is 11.5 Å². The lowest BCUT2D eigenvalue weighted by molar-refractivity contribution is 0.298. The van der Waals surface area contributed by atoms with Gasteiger partial charge in [-0.2, -0.15) is 4.57 Å². The Morgan fingerprint density at radius 3 is 1.04 bits per heavy atom. The van der Waals surface area contributed by atoms with E-state index in [-0.39, 0.29) is 50.0 Å². The lowest BCUT2D eigenvalue weighted by Gasteiger charge is -2.19. The first kappa shape index (κ1) is 35.0. The summed E-state index contributed by atoms with van der Waals surface area (Å²) in [6.45, 7) is 7.73. The lowest BCUT2D eigenvalue weighted by atomic mass is 10.3. The van der Waals surface area contributed by atoms with Crippen LogP contribution in [0.5, 0.6) is 28.7 Å². The minimum atomic E-state index is -4.48. The largest absolute Gasteiger partial charge is 0.647 e. The first-order chi connectivity index (χ1) is 23.5. The van der Waals surface area contributed by atoms with Crippen LogP contribution in [0.4, 0.5) is 0 Å². The molecule has 0 aromatic heterocycles. The summed E-state index contributed by atoms with van der Waals surface area (Å²) in [4.78, 5) is 0.0345. The van der Waals surface area contributed by atoms with Gasteiger partial charge in [0.25, 0.3) is 0 Å². The summed E-state index contributed by atoms with van der Waals surface area (Å²) in [6, 6.07) is 30.6. The van der Waals surface area contributed by atoms with Crippen molar-refractivity contribution in [3.8, 4) is 28.7 Å². The summed E-state index contributed by atoms with van der Waals surface area (Å²) in [5.74, 6) is 1.14. The van der Waals surface area contributed by atoms with Crippen LogP contribution < -0.4 is 23.0 Å². The van der Waals surface area contributed by atoms with Crippen LogP contribution >= 0.6 is 7.82 Å². The Kier molecular flexibility index (Phi) is 10.9. The van der Waals surface area contributed by atoms with Gasteiger partial charge in [0, 0.05) is 0 Å². The molecule has 0 fully saturated rings. The molecule has 5 rings (SSSR count). The Bertz CT molecular complexity index is 2020. The highest BCUT2D eigenvalue weighted by Gasteiger charge is 2.34. The average molecular weight is 719 g/mol. The highest BCUT2D eigenvalue weighted by Crippen LogP contribution is 2.50. The van der Waals surface area contributed by atoms with Gasteiger partial charge in [0.2, 0.25) is 19.7 Å². The zero-order valence-corrected chi connectivity index (χ0v) is 28.5. The SMILES string of the molecule is C=CCOc1ccc(S(=O)(=O)c2ccc(OP(=O)(Oc3ccccc3)Oc3ccc(S(=O)(=O)c4ccc(OCC=C)cc4)cc3)cc2)cc1. The second-order valence-corrected chi connectivity index (χ2v) is 15.5. The molecule has 0 aliphatic heterocycles. The lowest BCUT2D eigenvalue weighted by Crippen LogP contribution is -2.08. The summed E-state index contributed by atoms with van der Waals surface area (Å²) in [5.41, 5.74) is 0. The van der Waals surface area contributed by atoms with Crippen molar-refractivity contribution < 1.29 is 44.4 Å². The summed E-state index contributed by atoms with van der Waals surface area (Å²) in [5, 5.41) is 0. The summed E-state index contributed by atoms with van der Waals surface area (Å²) in [7, 11) is -12.3. The minimum absolute atomic E-state index is 0.00824. The van der Waals surface area contributed by atoms with Gasteiger partial charge < -0.3 is 23.0 Å². The van der Waals surface area contributed by atoms with Crippen LogP contribution in [-0.2, 0) is 24.2 Å². The van der Waals surface area contributed by atoms with Crippen LogP contribution in [0.15, 0.2) is 172 Å². The normalized spacial score (nSPS) is 11.6. The summed E-state index contributed by atoms with van der Waals surface area (Å²) >= 11 is 0. The molecule has 0 amide bonds. The maximum atomic E-state index is 14.0. The summed E-state index contributed by atoms with van der Waals surface area (Å²) < 4.78 is 94.8. The van der Waals surface area contributed by atoms with Gasteiger partial charge in [-0.25, -0.2) is 16.8 Å². The molecule has 0 radical (unpaired) electrons. The summed E-state index contributed by atoms with van der Waals surface area (Å²) in [6.07, 6.45) is 3.16. The zero-order chi connectivity index (χ0) is 34.9. The standard InChI is InChI=1S/C36H31O10PS2/c1-3-26-42-28-10-18-33(19-11-28)48(38,39)35-22-14-31(15-23-35)45-47(37,44-30-8-6-5-7-9-30)46-32-16-24-36(25-17-32)49(40,41)34-20-12-29(13-21-34)43-27-4-2/h3-25H,1-2,26-27H2. The first-order valence-corrected chi connectivity index (χ1v) is 19.1. The number of ether oxygens (including phenoxy) is 2. The molecule has 0 heterocycles. The fourth-order valence-corrected chi connectivity index (χ4v) is 8.07. The monoisotopic (exact) mass is 718 g/mol. The highest BCUT2D eigenvalue weighted by atomic mass is 32.2. The van der Waals surface area contributed by atoms with Crippen molar-refractivity contribution in [3.63, 3.8) is 0 Å². The van der Waals surface area contributed by atoms with Gasteiger partial charge in [0.15, 0.2) is 0 Å². The molecule has 252 valence electrons. The number of para-hydroxylation sites is 1. The maximum absolute atomic E-state index is 14.0. The zero-order valence-electron chi connectivity index (χ0n) is 26.0. The molecule has 0 bridgehead atoms. The molecule has 0 saturated carbocycles. The number of benzene rings is 5. The van der Waals surface area contributed by atoms with Crippen LogP contribution in [0.3, 0.4) is 0 Å². The van der Waals surface area contributed by atoms with Crippen LogP contribution in [0, 0.1) is 0 Å². The fourth-order valence-electron chi connectivity index (χ4n) is 4.30. The van der Waals surface area contributed by atoms with E-state index in [2.05, 4.69) is 13.2 Å². The number of phosphoric ester groups is 1. The van der Waals surface area contributed by atoms with Crippen LogP contribution in [-0.4, -0.2) is 30.0 Å². The quantitative estimate of drug-likeness (QED) is 0.0728. The molecule has 0 saturated heterocycles. The third-order valence-corrected chi connectivity index (χ3v) is 11.5. The Morgan fingerprint density at radius 1 is 0.449 bits per heavy atom. The average Bonchev–Trinajstić information content (AvgIpc) is 3.11. The molecule has 0 aliphatic carbocycles. The van der Waals surface area contributed by atoms with Gasteiger partial charge in [0.1, 0.15) is 42.0 Å². The van der Waals surface area contributed by atoms with Gasteiger partial charge in [0.05, 0.1) is 19.6 Å². The molecule has 0 unspecified atom stereocenters. The number of hydrogen-bond donors (Lipinski definition) is 0. The molecule has 49 heavy (non-hydrogen) atoms. The van der Waals surface area contributed by atoms with E-state index in [9.17, 15) is 21.4 Å². The second-order valence-electron chi connectivity index (χ2n) is 10.1. The van der Waals surface area contributed by atoms with E-state index in [1.165, 1.54) is 72.8 Å². The van der Waals surface area contributed by atoms with Crippen LogP contribution in [0.2, 0.25) is 0 Å². The number of hydrogen-bond acceptors (Lipinski definition) is 10. The van der Waals surface area contributed by atoms with E-state index < -0.39 is 27.5 Å². The fraction of sp³-hybridized carbons (Fsp3) is 0.0556. The molecular formula is C36H31O10PS2. The number of phosphoric acid groups is 1. The number of sulfone groups is 2. The van der Waals surface area contributed by atoms with Gasteiger partial charge in [-0.1, -0.05) is 43.5 Å². The Hall–Kier alpha value is -5.29. The second kappa shape index (κ2) is 15.3. The van der Waals surface area contributed by atoms with E-state index in [1.54, 1.807) is 66.7 Å². The van der Waals surface area contributed by atoms with Crippen LogP contribution in [0.1, 0.15) is 0 Å². The third kappa shape index (κ3) is 8.80. The van der Waals surface area contributed by atoms with Crippen molar-refractivity contribution in [1.82, 2.24) is 0 Å². The molecular weight excluding hydrogens is 687 g/mol. The van der Waals surface area contributed by atoms with Crippen molar-refractivity contribution in [3.05, 3.63) is 153 Å². The third-order valence-electron chi connectivity index (χ3n) is 6.67. The van der Waals surface area contributed by atoms with Crippen molar-refractivity contribution >= 4 is 27.5 Å². The van der Waals surface area contributed by atoms with Crippen LogP contribution in [0.25, 0.3) is 0 Å². The molecule has 0 N–H and O–H groups in total. The Labute approximate surface area is 285 Å². The van der Waals surface area contributed by atoms with Crippen molar-refractivity contribution in [2.24, 2.45) is 0 Å². The first-order valence-electron chi connectivity index (χ1n) is 14.6. The minimum Gasteiger partial charge on any atom is -0.490 e. The van der Waals surface area contributed by atoms with Gasteiger partial charge >= 0.3 is 7.82 Å². The van der Waals surface area contributed by atoms with Gasteiger partial charge in [-0.15, -0.1) is 0 Å². The molecule has 0 aliphatic rings. The van der Waals surface area contributed by atoms with E-state index in [0.717, 1.165) is 0 Å². The van der Waals surface area contributed by atoms with Gasteiger partial charge in [-0.05, 0) is 109 Å². The molecule has 13 heteroatoms. The van der Waals surface area contributed by atoms with E-state index >= 15 is 0 Å². The van der Waals surface area contributed by atoms with Gasteiger partial charge in [-0.3, -0.25) is 0 Å². The molecule has 5 aromatic rings. The maximum Gasteiger partial charge on any atom is 0.647 e. The molecule has 5 aromatic carbocycles. The van der Waals surface area contributed by atoms with E-state index in [1.807, 2.05) is 0 Å². The predicted molar refractivity (Wildman–Crippen MR) is 184 cm³/mol. The number of rotatable bonds is 16. The van der Waals surface area contributed by atoms with Crippen molar-refractivity contribution in [1.29, 1.82) is 0 Å². The molecule has 0 spiro atoms.